The zero-order chi connectivity index (χ0) is 27.7. The van der Waals surface area contributed by atoms with Crippen molar-refractivity contribution in [2.75, 3.05) is 46.6 Å². The summed E-state index contributed by atoms with van der Waals surface area (Å²) in [5, 5.41) is 16.9. The Morgan fingerprint density at radius 1 is 0.872 bits per heavy atom. The molecule has 1 amide bonds. The van der Waals surface area contributed by atoms with Crippen LogP contribution in [0.4, 0.5) is 29.2 Å². The maximum absolute atomic E-state index is 12.5. The van der Waals surface area contributed by atoms with Gasteiger partial charge in [0.05, 0.1) is 5.69 Å². The van der Waals surface area contributed by atoms with Gasteiger partial charge >= 0.3 is 0 Å². The lowest BCUT2D eigenvalue weighted by molar-refractivity contribution is 0.102. The van der Waals surface area contributed by atoms with Gasteiger partial charge in [-0.15, -0.1) is 0 Å². The van der Waals surface area contributed by atoms with Crippen LogP contribution >= 0.6 is 11.6 Å². The molecule has 4 atom stereocenters. The fourth-order valence-corrected chi connectivity index (χ4v) is 4.82. The summed E-state index contributed by atoms with van der Waals surface area (Å²) >= 11 is 5.89. The summed E-state index contributed by atoms with van der Waals surface area (Å²) in [6.07, 6.45) is 0.718. The van der Waals surface area contributed by atoms with Gasteiger partial charge in [-0.3, -0.25) is 4.79 Å². The third-order valence-electron chi connectivity index (χ3n) is 6.71. The molecule has 0 bridgehead atoms. The topological polar surface area (TPSA) is 211 Å². The molecular weight excluding hydrogens is 522 g/mol. The van der Waals surface area contributed by atoms with Gasteiger partial charge in [0.1, 0.15) is 5.75 Å². The molecule has 0 aliphatic carbocycles. The second kappa shape index (κ2) is 11.2. The number of phenolic OH excluding ortho intramolecular Hbond substituents is 1. The lowest BCUT2D eigenvalue weighted by Gasteiger charge is -2.35. The Morgan fingerprint density at radius 2 is 1.46 bits per heavy atom. The minimum absolute atomic E-state index is 0.105. The first-order chi connectivity index (χ1) is 18.6. The highest BCUT2D eigenvalue weighted by Crippen LogP contribution is 2.30. The van der Waals surface area contributed by atoms with Crippen molar-refractivity contribution in [1.29, 1.82) is 0 Å². The number of nitrogens with two attached hydrogens (primary N) is 4. The van der Waals surface area contributed by atoms with E-state index in [-0.39, 0.29) is 47.5 Å². The molecule has 39 heavy (non-hydrogen) atoms. The van der Waals surface area contributed by atoms with Crippen molar-refractivity contribution in [3.05, 3.63) is 53.1 Å². The number of hydrogen-bond donors (Lipinski definition) is 7. The number of halogens is 1. The van der Waals surface area contributed by atoms with Gasteiger partial charge in [-0.25, -0.2) is 0 Å². The zero-order valence-electron chi connectivity index (χ0n) is 21.2. The first-order valence-electron chi connectivity index (χ1n) is 12.6. The molecule has 0 saturated carbocycles. The number of carbonyl (C=O) groups excluding carboxylic acids is 1. The quantitative estimate of drug-likeness (QED) is 0.209. The summed E-state index contributed by atoms with van der Waals surface area (Å²) in [5.41, 5.74) is 25.8. The first kappa shape index (κ1) is 26.8. The van der Waals surface area contributed by atoms with E-state index in [1.54, 1.807) is 36.4 Å². The summed E-state index contributed by atoms with van der Waals surface area (Å²) in [6.45, 7) is 2.12. The number of nitrogens with one attached hydrogen (secondary N) is 2. The van der Waals surface area contributed by atoms with E-state index < -0.39 is 0 Å². The van der Waals surface area contributed by atoms with Gasteiger partial charge in [-0.2, -0.15) is 15.0 Å². The highest BCUT2D eigenvalue weighted by molar-refractivity contribution is 6.30. The number of amides is 1. The number of aromatic nitrogens is 3. The number of aromatic hydroxyl groups is 1. The van der Waals surface area contributed by atoms with Gasteiger partial charge in [0.25, 0.3) is 5.91 Å². The van der Waals surface area contributed by atoms with Gasteiger partial charge in [-0.1, -0.05) is 11.6 Å². The molecule has 0 unspecified atom stereocenters. The standard InChI is InChI=1S/C25H32ClN11O2/c26-14-3-1-13(2-4-14)22(39)32-20-6-5-17(8-21(20)38)31-23-33-24(36-9-15(27)7-16(28)10-36)35-25(34-23)37-11-18(29)19(30)12-37/h1-6,8,15-16,18-19,38H,7,9-12,27-30H2,(H,32,39)(H,31,33,34,35)/t15-,16+,18-,19+. The SMILES string of the molecule is N[C@@H]1C[C@H](N)CN(c2nc(Nc3ccc(NC(=O)c4ccc(Cl)cc4)c(O)c3)nc(N3C[C@@H](N)[C@@H](N)C3)n2)C1. The number of benzene rings is 2. The number of hydrogen-bond acceptors (Lipinski definition) is 12. The van der Waals surface area contributed by atoms with Crippen molar-refractivity contribution < 1.29 is 9.90 Å². The molecule has 206 valence electrons. The predicted molar refractivity (Wildman–Crippen MR) is 152 cm³/mol. The van der Waals surface area contributed by atoms with Gasteiger partial charge in [0, 0.05) is 72.7 Å². The van der Waals surface area contributed by atoms with E-state index in [1.807, 2.05) is 9.80 Å². The van der Waals surface area contributed by atoms with Crippen molar-refractivity contribution in [2.45, 2.75) is 30.6 Å². The first-order valence-corrected chi connectivity index (χ1v) is 13.0. The number of piperidine rings is 1. The molecule has 14 heteroatoms. The number of rotatable bonds is 6. The fourth-order valence-electron chi connectivity index (χ4n) is 4.69. The largest absolute Gasteiger partial charge is 0.506 e. The number of carbonyl (C=O) groups is 1. The fraction of sp³-hybridized carbons (Fsp3) is 0.360. The monoisotopic (exact) mass is 553 g/mol. The van der Waals surface area contributed by atoms with Crippen LogP contribution in [-0.2, 0) is 0 Å². The summed E-state index contributed by atoms with van der Waals surface area (Å²) in [4.78, 5) is 30.3. The van der Waals surface area contributed by atoms with E-state index in [0.29, 0.717) is 54.3 Å². The molecule has 13 nitrogen and oxygen atoms in total. The Balaban J connectivity index is 1.38. The smallest absolute Gasteiger partial charge is 0.255 e. The normalized spacial score (nSPS) is 23.1. The molecule has 1 aromatic heterocycles. The Hall–Kier alpha value is -3.75. The molecule has 5 rings (SSSR count). The van der Waals surface area contributed by atoms with Crippen LogP contribution in [-0.4, -0.2) is 76.3 Å². The predicted octanol–water partition coefficient (Wildman–Crippen LogP) is 0.566. The Bertz CT molecular complexity index is 1320. The van der Waals surface area contributed by atoms with Crippen LogP contribution in [0.2, 0.25) is 5.02 Å². The molecule has 2 aliphatic rings. The van der Waals surface area contributed by atoms with Crippen molar-refractivity contribution in [2.24, 2.45) is 22.9 Å². The van der Waals surface area contributed by atoms with Crippen LogP contribution in [0.5, 0.6) is 5.75 Å². The lowest BCUT2D eigenvalue weighted by Crippen LogP contribution is -2.53. The highest BCUT2D eigenvalue weighted by Gasteiger charge is 2.31. The third-order valence-corrected chi connectivity index (χ3v) is 6.97. The average Bonchev–Trinajstić information content (AvgIpc) is 3.23. The van der Waals surface area contributed by atoms with E-state index >= 15 is 0 Å². The van der Waals surface area contributed by atoms with Crippen molar-refractivity contribution in [3.63, 3.8) is 0 Å². The van der Waals surface area contributed by atoms with E-state index in [2.05, 4.69) is 25.6 Å². The summed E-state index contributed by atoms with van der Waals surface area (Å²) in [6, 6.07) is 10.6. The molecular formula is C25H32ClN11O2. The molecule has 0 spiro atoms. The van der Waals surface area contributed by atoms with Gasteiger partial charge in [-0.05, 0) is 42.8 Å². The van der Waals surface area contributed by atoms with Gasteiger partial charge in [0.15, 0.2) is 0 Å². The van der Waals surface area contributed by atoms with E-state index in [9.17, 15) is 9.90 Å². The molecule has 3 heterocycles. The minimum Gasteiger partial charge on any atom is -0.506 e. The Labute approximate surface area is 230 Å². The van der Waals surface area contributed by atoms with Crippen LogP contribution in [0.3, 0.4) is 0 Å². The molecule has 2 saturated heterocycles. The van der Waals surface area contributed by atoms with E-state index in [0.717, 1.165) is 6.42 Å². The maximum atomic E-state index is 12.5. The molecule has 3 aromatic rings. The van der Waals surface area contributed by atoms with Crippen LogP contribution in [0.1, 0.15) is 16.8 Å². The van der Waals surface area contributed by atoms with Crippen molar-refractivity contribution >= 4 is 46.7 Å². The summed E-state index contributed by atoms with van der Waals surface area (Å²) in [5.74, 6) is 0.595. The minimum atomic E-state index is -0.380. The molecule has 2 aliphatic heterocycles. The highest BCUT2D eigenvalue weighted by atomic mass is 35.5. The van der Waals surface area contributed by atoms with Crippen LogP contribution in [0.15, 0.2) is 42.5 Å². The average molecular weight is 554 g/mol. The number of anilines is 5. The Morgan fingerprint density at radius 3 is 2.05 bits per heavy atom. The lowest BCUT2D eigenvalue weighted by atomic mass is 10.0. The van der Waals surface area contributed by atoms with Gasteiger partial charge in [0.2, 0.25) is 17.8 Å². The zero-order valence-corrected chi connectivity index (χ0v) is 21.9. The number of phenols is 1. The van der Waals surface area contributed by atoms with Crippen molar-refractivity contribution in [3.8, 4) is 5.75 Å². The molecule has 2 aromatic carbocycles. The molecule has 2 fully saturated rings. The van der Waals surface area contributed by atoms with E-state index in [4.69, 9.17) is 34.5 Å². The van der Waals surface area contributed by atoms with Gasteiger partial charge < -0.3 is 48.5 Å². The third kappa shape index (κ3) is 6.29. The van der Waals surface area contributed by atoms with Crippen LogP contribution in [0, 0.1) is 0 Å². The maximum Gasteiger partial charge on any atom is 0.255 e. The van der Waals surface area contributed by atoms with Crippen LogP contribution in [0.25, 0.3) is 0 Å². The summed E-state index contributed by atoms with van der Waals surface area (Å²) in [7, 11) is 0. The second-order valence-corrected chi connectivity index (χ2v) is 10.4. The van der Waals surface area contributed by atoms with Crippen LogP contribution < -0.4 is 43.4 Å². The molecule has 11 N–H and O–H groups in total. The number of nitrogens with zero attached hydrogens (tertiary/aromatic N) is 5. The Kier molecular flexibility index (Phi) is 7.68. The molecule has 0 radical (unpaired) electrons. The summed E-state index contributed by atoms with van der Waals surface area (Å²) < 4.78 is 0. The van der Waals surface area contributed by atoms with E-state index in [1.165, 1.54) is 6.07 Å². The second-order valence-electron chi connectivity index (χ2n) is 9.97. The van der Waals surface area contributed by atoms with Crippen molar-refractivity contribution in [1.82, 2.24) is 15.0 Å².